The highest BCUT2D eigenvalue weighted by molar-refractivity contribution is 9.10. The predicted octanol–water partition coefficient (Wildman–Crippen LogP) is 4.19. The monoisotopic (exact) mass is 386 g/mol. The van der Waals surface area contributed by atoms with Crippen molar-refractivity contribution in [2.24, 2.45) is 7.05 Å². The minimum absolute atomic E-state index is 0.0629. The first-order valence-corrected chi connectivity index (χ1v) is 7.97. The van der Waals surface area contributed by atoms with Crippen LogP contribution in [0.5, 0.6) is 0 Å². The third kappa shape index (κ3) is 4.18. The molecule has 1 aromatic heterocycles. The van der Waals surface area contributed by atoms with Crippen LogP contribution in [0.3, 0.4) is 0 Å². The maximum atomic E-state index is 6.16. The Morgan fingerprint density at radius 2 is 2.19 bits per heavy atom. The molecule has 2 rings (SSSR count). The number of thiocarbonyl (C=S) groups is 1. The summed E-state index contributed by atoms with van der Waals surface area (Å²) in [6.45, 7) is 4.02. The predicted molar refractivity (Wildman–Crippen MR) is 94.9 cm³/mol. The van der Waals surface area contributed by atoms with Gasteiger partial charge in [0.05, 0.1) is 22.4 Å². The van der Waals surface area contributed by atoms with Gasteiger partial charge in [-0.2, -0.15) is 5.10 Å². The molecule has 1 aromatic carbocycles. The highest BCUT2D eigenvalue weighted by Crippen LogP contribution is 2.25. The van der Waals surface area contributed by atoms with Gasteiger partial charge in [-0.3, -0.25) is 4.68 Å². The second-order valence-corrected chi connectivity index (χ2v) is 6.52. The molecule has 0 saturated heterocycles. The van der Waals surface area contributed by atoms with Crippen LogP contribution in [0.1, 0.15) is 24.2 Å². The van der Waals surface area contributed by atoms with Crippen molar-refractivity contribution in [2.45, 2.75) is 19.9 Å². The smallest absolute Gasteiger partial charge is 0.171 e. The molecule has 0 bridgehead atoms. The van der Waals surface area contributed by atoms with Gasteiger partial charge in [0, 0.05) is 23.3 Å². The molecule has 1 unspecified atom stereocenters. The average molecular weight is 388 g/mol. The lowest BCUT2D eigenvalue weighted by atomic mass is 10.1. The van der Waals surface area contributed by atoms with Crippen LogP contribution in [0.4, 0.5) is 5.69 Å². The third-order valence-electron chi connectivity index (χ3n) is 3.04. The van der Waals surface area contributed by atoms with Gasteiger partial charge in [-0.05, 0) is 44.3 Å². The molecule has 0 spiro atoms. The van der Waals surface area contributed by atoms with E-state index in [0.717, 1.165) is 21.4 Å². The van der Waals surface area contributed by atoms with Crippen molar-refractivity contribution < 1.29 is 0 Å². The van der Waals surface area contributed by atoms with Crippen LogP contribution >= 0.6 is 39.7 Å². The fraction of sp³-hybridized carbons (Fsp3) is 0.286. The van der Waals surface area contributed by atoms with Crippen LogP contribution in [0, 0.1) is 6.92 Å². The van der Waals surface area contributed by atoms with Crippen LogP contribution in [0.25, 0.3) is 0 Å². The number of rotatable bonds is 3. The van der Waals surface area contributed by atoms with Crippen LogP contribution < -0.4 is 10.6 Å². The summed E-state index contributed by atoms with van der Waals surface area (Å²) in [5, 5.41) is 11.8. The lowest BCUT2D eigenvalue weighted by Crippen LogP contribution is -2.31. The standard InChI is InChI=1S/C14H16BrClN4S/c1-8(11-7-20(3)19-9(11)2)17-14(21)18-13-5-4-10(15)6-12(13)16/h4-8H,1-3H3,(H2,17,18,21). The first-order chi connectivity index (χ1) is 9.86. The van der Waals surface area contributed by atoms with Crippen molar-refractivity contribution in [3.05, 3.63) is 45.1 Å². The molecule has 7 heteroatoms. The number of anilines is 1. The molecule has 0 amide bonds. The van der Waals surface area contributed by atoms with Crippen LogP contribution in [0.15, 0.2) is 28.9 Å². The topological polar surface area (TPSA) is 41.9 Å². The van der Waals surface area contributed by atoms with E-state index in [4.69, 9.17) is 23.8 Å². The Balaban J connectivity index is 2.03. The van der Waals surface area contributed by atoms with Gasteiger partial charge < -0.3 is 10.6 Å². The molecule has 0 fully saturated rings. The first-order valence-electron chi connectivity index (χ1n) is 6.39. The van der Waals surface area contributed by atoms with E-state index in [9.17, 15) is 0 Å². The number of nitrogens with zero attached hydrogens (tertiary/aromatic N) is 2. The number of hydrogen-bond donors (Lipinski definition) is 2. The normalized spacial score (nSPS) is 12.0. The molecule has 112 valence electrons. The summed E-state index contributed by atoms with van der Waals surface area (Å²) < 4.78 is 2.72. The lowest BCUT2D eigenvalue weighted by molar-refractivity contribution is 0.715. The largest absolute Gasteiger partial charge is 0.356 e. The Labute approximate surface area is 143 Å². The Bertz CT molecular complexity index is 671. The number of hydrogen-bond acceptors (Lipinski definition) is 2. The molecule has 2 aromatic rings. The van der Waals surface area contributed by atoms with Gasteiger partial charge in [-0.15, -0.1) is 0 Å². The molecular formula is C14H16BrClN4S. The summed E-state index contributed by atoms with van der Waals surface area (Å²) in [6.07, 6.45) is 1.99. The summed E-state index contributed by atoms with van der Waals surface area (Å²) in [6, 6.07) is 5.67. The Kier molecular flexibility index (Phi) is 5.24. The van der Waals surface area contributed by atoms with Crippen molar-refractivity contribution in [2.75, 3.05) is 5.32 Å². The van der Waals surface area contributed by atoms with Gasteiger partial charge in [0.25, 0.3) is 0 Å². The molecule has 1 heterocycles. The van der Waals surface area contributed by atoms with E-state index in [1.54, 1.807) is 4.68 Å². The molecule has 2 N–H and O–H groups in total. The van der Waals surface area contributed by atoms with Gasteiger partial charge in [0.2, 0.25) is 0 Å². The highest BCUT2D eigenvalue weighted by Gasteiger charge is 2.13. The van der Waals surface area contributed by atoms with Gasteiger partial charge in [0.15, 0.2) is 5.11 Å². The summed E-state index contributed by atoms with van der Waals surface area (Å²) in [5.41, 5.74) is 2.87. The SMILES string of the molecule is Cc1nn(C)cc1C(C)NC(=S)Nc1ccc(Br)cc1Cl. The lowest BCUT2D eigenvalue weighted by Gasteiger charge is -2.17. The molecule has 1 atom stereocenters. The van der Waals surface area contributed by atoms with E-state index in [-0.39, 0.29) is 6.04 Å². The second kappa shape index (κ2) is 6.77. The molecule has 0 aliphatic carbocycles. The summed E-state index contributed by atoms with van der Waals surface area (Å²) in [5.74, 6) is 0. The van der Waals surface area contributed by atoms with E-state index in [1.165, 1.54) is 0 Å². The molecule has 0 aliphatic heterocycles. The van der Waals surface area contributed by atoms with Crippen molar-refractivity contribution in [1.82, 2.24) is 15.1 Å². The third-order valence-corrected chi connectivity index (χ3v) is 4.07. The summed E-state index contributed by atoms with van der Waals surface area (Å²) in [7, 11) is 1.90. The molecule has 0 saturated carbocycles. The maximum absolute atomic E-state index is 6.16. The molecular weight excluding hydrogens is 372 g/mol. The Hall–Kier alpha value is -1.11. The number of aromatic nitrogens is 2. The zero-order chi connectivity index (χ0) is 15.6. The Morgan fingerprint density at radius 3 is 2.76 bits per heavy atom. The number of benzene rings is 1. The van der Waals surface area contributed by atoms with Gasteiger partial charge in [-0.1, -0.05) is 27.5 Å². The molecule has 0 aliphatic rings. The molecule has 0 radical (unpaired) electrons. The zero-order valence-electron chi connectivity index (χ0n) is 11.9. The maximum Gasteiger partial charge on any atom is 0.171 e. The van der Waals surface area contributed by atoms with Gasteiger partial charge >= 0.3 is 0 Å². The minimum Gasteiger partial charge on any atom is -0.356 e. The van der Waals surface area contributed by atoms with E-state index in [0.29, 0.717) is 10.1 Å². The fourth-order valence-electron chi connectivity index (χ4n) is 2.07. The summed E-state index contributed by atoms with van der Waals surface area (Å²) >= 11 is 14.9. The number of halogens is 2. The van der Waals surface area contributed by atoms with Crippen LogP contribution in [-0.4, -0.2) is 14.9 Å². The fourth-order valence-corrected chi connectivity index (χ4v) is 3.07. The van der Waals surface area contributed by atoms with Crippen molar-refractivity contribution in [3.63, 3.8) is 0 Å². The Morgan fingerprint density at radius 1 is 1.48 bits per heavy atom. The number of nitrogens with one attached hydrogen (secondary N) is 2. The van der Waals surface area contributed by atoms with Crippen LogP contribution in [0.2, 0.25) is 5.02 Å². The van der Waals surface area contributed by atoms with E-state index >= 15 is 0 Å². The van der Waals surface area contributed by atoms with Crippen molar-refractivity contribution in [3.8, 4) is 0 Å². The zero-order valence-corrected chi connectivity index (χ0v) is 15.1. The van der Waals surface area contributed by atoms with Crippen molar-refractivity contribution >= 4 is 50.5 Å². The van der Waals surface area contributed by atoms with E-state index in [2.05, 4.69) is 31.7 Å². The van der Waals surface area contributed by atoms with E-state index < -0.39 is 0 Å². The van der Waals surface area contributed by atoms with E-state index in [1.807, 2.05) is 45.3 Å². The number of aryl methyl sites for hydroxylation is 2. The highest BCUT2D eigenvalue weighted by atomic mass is 79.9. The van der Waals surface area contributed by atoms with Crippen LogP contribution in [-0.2, 0) is 7.05 Å². The molecule has 4 nitrogen and oxygen atoms in total. The quantitative estimate of drug-likeness (QED) is 0.775. The molecule has 21 heavy (non-hydrogen) atoms. The van der Waals surface area contributed by atoms with Crippen molar-refractivity contribution in [1.29, 1.82) is 0 Å². The minimum atomic E-state index is 0.0629. The second-order valence-electron chi connectivity index (χ2n) is 4.79. The van der Waals surface area contributed by atoms with Gasteiger partial charge in [-0.25, -0.2) is 0 Å². The summed E-state index contributed by atoms with van der Waals surface area (Å²) in [4.78, 5) is 0. The average Bonchev–Trinajstić information content (AvgIpc) is 2.72. The first kappa shape index (κ1) is 16.3. The van der Waals surface area contributed by atoms with Gasteiger partial charge in [0.1, 0.15) is 0 Å².